The van der Waals surface area contributed by atoms with E-state index in [4.69, 9.17) is 11.6 Å². The van der Waals surface area contributed by atoms with Crippen molar-refractivity contribution in [1.29, 1.82) is 0 Å². The number of nitro groups is 1. The normalized spacial score (nSPS) is 15.5. The second-order valence-electron chi connectivity index (χ2n) is 7.59. The molecule has 7 nitrogen and oxygen atoms in total. The van der Waals surface area contributed by atoms with E-state index in [9.17, 15) is 19.7 Å². The van der Waals surface area contributed by atoms with Crippen molar-refractivity contribution in [3.8, 4) is 0 Å². The molecule has 9 heteroatoms. The van der Waals surface area contributed by atoms with Crippen molar-refractivity contribution in [3.63, 3.8) is 0 Å². The summed E-state index contributed by atoms with van der Waals surface area (Å²) in [5, 5.41) is 14.4. The molecular formula is C24H20ClN3O4S. The molecule has 1 aliphatic heterocycles. The summed E-state index contributed by atoms with van der Waals surface area (Å²) in [5.74, 6) is 0.0910. The molecule has 33 heavy (non-hydrogen) atoms. The second-order valence-corrected chi connectivity index (χ2v) is 9.10. The Morgan fingerprint density at radius 3 is 2.52 bits per heavy atom. The number of nitro benzene ring substituents is 1. The fourth-order valence-electron chi connectivity index (χ4n) is 3.64. The maximum Gasteiger partial charge on any atom is 0.274 e. The molecule has 168 valence electrons. The molecule has 1 fully saturated rings. The van der Waals surface area contributed by atoms with Crippen molar-refractivity contribution in [2.75, 3.05) is 11.1 Å². The Morgan fingerprint density at radius 1 is 1.15 bits per heavy atom. The molecule has 1 N–H and O–H groups in total. The number of amides is 2. The van der Waals surface area contributed by atoms with E-state index in [0.717, 1.165) is 11.1 Å². The highest BCUT2D eigenvalue weighted by Gasteiger charge is 2.32. The lowest BCUT2D eigenvalue weighted by atomic mass is 10.1. The van der Waals surface area contributed by atoms with Gasteiger partial charge in [-0.25, -0.2) is 0 Å². The number of anilines is 1. The van der Waals surface area contributed by atoms with Gasteiger partial charge in [0, 0.05) is 23.2 Å². The number of carbonyl (C=O) groups is 2. The molecule has 1 saturated heterocycles. The van der Waals surface area contributed by atoms with Gasteiger partial charge in [-0.3, -0.25) is 19.7 Å². The molecule has 1 aliphatic rings. The quantitative estimate of drug-likeness (QED) is 0.366. The van der Waals surface area contributed by atoms with Crippen LogP contribution in [0.1, 0.15) is 32.4 Å². The first-order valence-electron chi connectivity index (χ1n) is 10.1. The maximum atomic E-state index is 12.7. The van der Waals surface area contributed by atoms with Gasteiger partial charge in [-0.2, -0.15) is 0 Å². The minimum absolute atomic E-state index is 0.0492. The number of hydrogen-bond donors (Lipinski definition) is 1. The fourth-order valence-corrected chi connectivity index (χ4v) is 4.95. The van der Waals surface area contributed by atoms with Crippen molar-refractivity contribution in [3.05, 3.63) is 104 Å². The smallest absolute Gasteiger partial charge is 0.274 e. The molecule has 1 heterocycles. The standard InChI is InChI=1S/C24H20ClN3O4S/c1-15-20(3-2-4-21(15)28(31)32)26-23(30)17-7-9-18(10-8-17)24-27(22(29)14-33-24)13-16-5-11-19(25)12-6-16/h2-12,24H,13-14H2,1H3,(H,26,30)/t24-/m1/s1. The number of halogens is 1. The summed E-state index contributed by atoms with van der Waals surface area (Å²) in [4.78, 5) is 37.7. The highest BCUT2D eigenvalue weighted by Crippen LogP contribution is 2.39. The lowest BCUT2D eigenvalue weighted by Gasteiger charge is -2.24. The van der Waals surface area contributed by atoms with Crippen LogP contribution >= 0.6 is 23.4 Å². The van der Waals surface area contributed by atoms with Gasteiger partial charge >= 0.3 is 0 Å². The topological polar surface area (TPSA) is 92.6 Å². The zero-order valence-corrected chi connectivity index (χ0v) is 19.2. The van der Waals surface area contributed by atoms with Crippen LogP contribution in [0.5, 0.6) is 0 Å². The third-order valence-electron chi connectivity index (χ3n) is 5.44. The Balaban J connectivity index is 1.49. The molecule has 0 unspecified atom stereocenters. The molecule has 2 amide bonds. The predicted molar refractivity (Wildman–Crippen MR) is 129 cm³/mol. The van der Waals surface area contributed by atoms with Crippen LogP contribution in [0, 0.1) is 17.0 Å². The van der Waals surface area contributed by atoms with Gasteiger partial charge in [0.15, 0.2) is 0 Å². The summed E-state index contributed by atoms with van der Waals surface area (Å²) >= 11 is 7.50. The van der Waals surface area contributed by atoms with Crippen molar-refractivity contribution >= 4 is 46.6 Å². The van der Waals surface area contributed by atoms with Crippen molar-refractivity contribution in [2.45, 2.75) is 18.8 Å². The average molecular weight is 482 g/mol. The Kier molecular flexibility index (Phi) is 6.67. The number of rotatable bonds is 6. The molecule has 0 aromatic heterocycles. The molecule has 0 radical (unpaired) electrons. The molecule has 0 bridgehead atoms. The van der Waals surface area contributed by atoms with Gasteiger partial charge in [0.1, 0.15) is 5.37 Å². The minimum Gasteiger partial charge on any atom is -0.322 e. The lowest BCUT2D eigenvalue weighted by Crippen LogP contribution is -2.27. The summed E-state index contributed by atoms with van der Waals surface area (Å²) in [6, 6.07) is 19.0. The largest absolute Gasteiger partial charge is 0.322 e. The van der Waals surface area contributed by atoms with Crippen molar-refractivity contribution in [2.24, 2.45) is 0 Å². The first kappa shape index (κ1) is 22.8. The Morgan fingerprint density at radius 2 is 1.85 bits per heavy atom. The van der Waals surface area contributed by atoms with Crippen molar-refractivity contribution in [1.82, 2.24) is 4.90 Å². The van der Waals surface area contributed by atoms with E-state index < -0.39 is 4.92 Å². The summed E-state index contributed by atoms with van der Waals surface area (Å²) in [7, 11) is 0. The van der Waals surface area contributed by atoms with Crippen LogP contribution in [-0.2, 0) is 11.3 Å². The molecular weight excluding hydrogens is 462 g/mol. The van der Waals surface area contributed by atoms with Gasteiger partial charge in [0.25, 0.3) is 11.6 Å². The van der Waals surface area contributed by atoms with Gasteiger partial charge in [-0.05, 0) is 48.4 Å². The van der Waals surface area contributed by atoms with E-state index in [0.29, 0.717) is 34.1 Å². The molecule has 0 aliphatic carbocycles. The van der Waals surface area contributed by atoms with Gasteiger partial charge < -0.3 is 10.2 Å². The van der Waals surface area contributed by atoms with Crippen molar-refractivity contribution < 1.29 is 14.5 Å². The SMILES string of the molecule is Cc1c(NC(=O)c2ccc([C@H]3SCC(=O)N3Cc3ccc(Cl)cc3)cc2)cccc1[N+](=O)[O-]. The molecule has 3 aromatic carbocycles. The van der Waals surface area contributed by atoms with E-state index in [1.54, 1.807) is 49.0 Å². The number of thioether (sulfide) groups is 1. The second kappa shape index (κ2) is 9.64. The highest BCUT2D eigenvalue weighted by atomic mass is 35.5. The zero-order valence-electron chi connectivity index (χ0n) is 17.7. The molecule has 1 atom stereocenters. The number of benzene rings is 3. The Hall–Kier alpha value is -3.36. The van der Waals surface area contributed by atoms with Crippen LogP contribution in [0.4, 0.5) is 11.4 Å². The van der Waals surface area contributed by atoms with Crippen LogP contribution in [0.2, 0.25) is 5.02 Å². The lowest BCUT2D eigenvalue weighted by molar-refractivity contribution is -0.385. The number of nitrogens with one attached hydrogen (secondary N) is 1. The first-order valence-corrected chi connectivity index (χ1v) is 11.6. The van der Waals surface area contributed by atoms with Crippen LogP contribution in [-0.4, -0.2) is 27.4 Å². The van der Waals surface area contributed by atoms with E-state index in [2.05, 4.69) is 5.32 Å². The third kappa shape index (κ3) is 5.02. The summed E-state index contributed by atoms with van der Waals surface area (Å²) in [6.07, 6.45) is 0. The average Bonchev–Trinajstić information content (AvgIpc) is 3.16. The number of hydrogen-bond acceptors (Lipinski definition) is 5. The predicted octanol–water partition coefficient (Wildman–Crippen LogP) is 5.58. The van der Waals surface area contributed by atoms with Crippen LogP contribution in [0.3, 0.4) is 0 Å². The third-order valence-corrected chi connectivity index (χ3v) is 6.95. The van der Waals surface area contributed by atoms with E-state index in [1.807, 2.05) is 29.2 Å². The highest BCUT2D eigenvalue weighted by molar-refractivity contribution is 8.00. The minimum atomic E-state index is -0.476. The van der Waals surface area contributed by atoms with Gasteiger partial charge in [0.2, 0.25) is 5.91 Å². The number of carbonyl (C=O) groups excluding carboxylic acids is 2. The summed E-state index contributed by atoms with van der Waals surface area (Å²) in [5.41, 5.74) is 3.07. The molecule has 0 saturated carbocycles. The summed E-state index contributed by atoms with van der Waals surface area (Å²) in [6.45, 7) is 2.07. The molecule has 0 spiro atoms. The number of nitrogens with zero attached hydrogens (tertiary/aromatic N) is 2. The van der Waals surface area contributed by atoms with E-state index in [1.165, 1.54) is 12.1 Å². The Bertz CT molecular complexity index is 1220. The van der Waals surface area contributed by atoms with Gasteiger partial charge in [-0.1, -0.05) is 41.9 Å². The van der Waals surface area contributed by atoms with Crippen LogP contribution in [0.15, 0.2) is 66.7 Å². The van der Waals surface area contributed by atoms with E-state index >= 15 is 0 Å². The summed E-state index contributed by atoms with van der Waals surface area (Å²) < 4.78 is 0. The monoisotopic (exact) mass is 481 g/mol. The first-order chi connectivity index (χ1) is 15.8. The Labute approximate surface area is 199 Å². The van der Waals surface area contributed by atoms with Crippen LogP contribution < -0.4 is 5.32 Å². The van der Waals surface area contributed by atoms with Crippen LogP contribution in [0.25, 0.3) is 0 Å². The van der Waals surface area contributed by atoms with Gasteiger partial charge in [-0.15, -0.1) is 11.8 Å². The zero-order chi connectivity index (χ0) is 23.5. The molecule has 3 aromatic rings. The molecule has 4 rings (SSSR count). The van der Waals surface area contributed by atoms with E-state index in [-0.39, 0.29) is 22.9 Å². The maximum absolute atomic E-state index is 12.7. The van der Waals surface area contributed by atoms with Gasteiger partial charge in [0.05, 0.1) is 21.9 Å². The fraction of sp³-hybridized carbons (Fsp3) is 0.167.